The number of hydrogen-bond acceptors (Lipinski definition) is 5. The van der Waals surface area contributed by atoms with Gasteiger partial charge in [0.1, 0.15) is 5.75 Å². The minimum Gasteiger partial charge on any atom is -0.494 e. The zero-order valence-electron chi connectivity index (χ0n) is 13.6. The van der Waals surface area contributed by atoms with Gasteiger partial charge in [-0.25, -0.2) is 4.98 Å². The van der Waals surface area contributed by atoms with Gasteiger partial charge in [0, 0.05) is 17.1 Å². The van der Waals surface area contributed by atoms with Gasteiger partial charge in [-0.2, -0.15) is 0 Å². The van der Waals surface area contributed by atoms with E-state index in [9.17, 15) is 0 Å². The zero-order chi connectivity index (χ0) is 15.8. The Morgan fingerprint density at radius 2 is 2.00 bits per heavy atom. The van der Waals surface area contributed by atoms with Gasteiger partial charge in [-0.05, 0) is 44.2 Å². The molecule has 0 amide bonds. The lowest BCUT2D eigenvalue weighted by Crippen LogP contribution is -2.17. The van der Waals surface area contributed by atoms with Crippen molar-refractivity contribution in [3.8, 4) is 5.75 Å². The summed E-state index contributed by atoms with van der Waals surface area (Å²) in [4.78, 5) is 4.62. The largest absolute Gasteiger partial charge is 0.494 e. The van der Waals surface area contributed by atoms with Crippen molar-refractivity contribution in [3.63, 3.8) is 0 Å². The number of ether oxygens (including phenoxy) is 1. The Kier molecular flexibility index (Phi) is 6.68. The SMILES string of the molecule is CCCCOc1ccc(Nc2nc(C(C)NCC)cs2)cc1. The third-order valence-electron chi connectivity index (χ3n) is 3.35. The zero-order valence-corrected chi connectivity index (χ0v) is 14.4. The second-order valence-corrected chi connectivity index (χ2v) is 6.07. The number of aromatic nitrogens is 1. The number of nitrogens with one attached hydrogen (secondary N) is 2. The van der Waals surface area contributed by atoms with Crippen LogP contribution < -0.4 is 15.4 Å². The Balaban J connectivity index is 1.90. The van der Waals surface area contributed by atoms with Crippen molar-refractivity contribution in [1.82, 2.24) is 10.3 Å². The molecule has 1 atom stereocenters. The summed E-state index contributed by atoms with van der Waals surface area (Å²) in [7, 11) is 0. The minimum absolute atomic E-state index is 0.283. The van der Waals surface area contributed by atoms with Crippen LogP contribution in [0.1, 0.15) is 45.3 Å². The van der Waals surface area contributed by atoms with E-state index in [0.717, 1.165) is 48.3 Å². The summed E-state index contributed by atoms with van der Waals surface area (Å²) < 4.78 is 5.67. The summed E-state index contributed by atoms with van der Waals surface area (Å²) >= 11 is 1.63. The molecule has 2 N–H and O–H groups in total. The van der Waals surface area contributed by atoms with Crippen molar-refractivity contribution in [2.24, 2.45) is 0 Å². The second kappa shape index (κ2) is 8.76. The molecule has 1 aromatic carbocycles. The first-order valence-corrected chi connectivity index (χ1v) is 8.79. The van der Waals surface area contributed by atoms with Crippen molar-refractivity contribution >= 4 is 22.2 Å². The Bertz CT molecular complexity index is 553. The number of benzene rings is 1. The van der Waals surface area contributed by atoms with Crippen LogP contribution in [0.5, 0.6) is 5.75 Å². The summed E-state index contributed by atoms with van der Waals surface area (Å²) in [6, 6.07) is 8.32. The predicted molar refractivity (Wildman–Crippen MR) is 94.3 cm³/mol. The lowest BCUT2D eigenvalue weighted by molar-refractivity contribution is 0.309. The molecule has 2 rings (SSSR count). The molecule has 0 fully saturated rings. The fourth-order valence-electron chi connectivity index (χ4n) is 2.05. The molecular formula is C17H25N3OS. The molecule has 5 heteroatoms. The van der Waals surface area contributed by atoms with Crippen molar-refractivity contribution < 1.29 is 4.74 Å². The van der Waals surface area contributed by atoms with Crippen LogP contribution in [0.15, 0.2) is 29.6 Å². The molecule has 0 aliphatic rings. The highest BCUT2D eigenvalue weighted by Gasteiger charge is 2.08. The Hall–Kier alpha value is -1.59. The van der Waals surface area contributed by atoms with Gasteiger partial charge in [-0.1, -0.05) is 20.3 Å². The average Bonchev–Trinajstić information content (AvgIpc) is 2.98. The topological polar surface area (TPSA) is 46.2 Å². The highest BCUT2D eigenvalue weighted by Crippen LogP contribution is 2.25. The third-order valence-corrected chi connectivity index (χ3v) is 4.12. The molecule has 0 spiro atoms. The first kappa shape index (κ1) is 16.8. The Morgan fingerprint density at radius 1 is 1.23 bits per heavy atom. The average molecular weight is 319 g/mol. The van der Waals surface area contributed by atoms with E-state index in [1.807, 2.05) is 24.3 Å². The molecule has 120 valence electrons. The van der Waals surface area contributed by atoms with Gasteiger partial charge >= 0.3 is 0 Å². The lowest BCUT2D eigenvalue weighted by Gasteiger charge is -2.09. The normalized spacial score (nSPS) is 12.1. The van der Waals surface area contributed by atoms with E-state index in [2.05, 4.69) is 41.8 Å². The van der Waals surface area contributed by atoms with Crippen molar-refractivity contribution in [2.45, 2.75) is 39.7 Å². The van der Waals surface area contributed by atoms with Gasteiger partial charge in [-0.3, -0.25) is 0 Å². The Labute approximate surface area is 136 Å². The number of nitrogens with zero attached hydrogens (tertiary/aromatic N) is 1. The van der Waals surface area contributed by atoms with E-state index in [1.54, 1.807) is 11.3 Å². The number of unbranched alkanes of at least 4 members (excludes halogenated alkanes) is 1. The van der Waals surface area contributed by atoms with Crippen molar-refractivity contribution in [2.75, 3.05) is 18.5 Å². The molecule has 0 saturated carbocycles. The predicted octanol–water partition coefficient (Wildman–Crippen LogP) is 4.74. The highest BCUT2D eigenvalue weighted by atomic mass is 32.1. The summed E-state index contributed by atoms with van der Waals surface area (Å²) in [6.07, 6.45) is 2.24. The van der Waals surface area contributed by atoms with Gasteiger partial charge in [0.25, 0.3) is 0 Å². The van der Waals surface area contributed by atoms with Crippen LogP contribution in [0, 0.1) is 0 Å². The van der Waals surface area contributed by atoms with Crippen LogP contribution in [0.3, 0.4) is 0 Å². The van der Waals surface area contributed by atoms with Crippen LogP contribution in [0.25, 0.3) is 0 Å². The van der Waals surface area contributed by atoms with E-state index >= 15 is 0 Å². The highest BCUT2D eigenvalue weighted by molar-refractivity contribution is 7.13. The van der Waals surface area contributed by atoms with Crippen LogP contribution in [0.2, 0.25) is 0 Å². The van der Waals surface area contributed by atoms with Crippen molar-refractivity contribution in [1.29, 1.82) is 0 Å². The number of thiazole rings is 1. The van der Waals surface area contributed by atoms with Gasteiger partial charge in [0.2, 0.25) is 0 Å². The molecule has 0 bridgehead atoms. The number of anilines is 2. The molecule has 1 unspecified atom stereocenters. The third kappa shape index (κ3) is 5.00. The lowest BCUT2D eigenvalue weighted by atomic mass is 10.2. The smallest absolute Gasteiger partial charge is 0.187 e. The molecule has 0 saturated heterocycles. The summed E-state index contributed by atoms with van der Waals surface area (Å²) in [5, 5.41) is 9.72. The van der Waals surface area contributed by atoms with Gasteiger partial charge in [0.15, 0.2) is 5.13 Å². The molecule has 2 aromatic rings. The first-order chi connectivity index (χ1) is 10.7. The van der Waals surface area contributed by atoms with E-state index in [0.29, 0.717) is 0 Å². The Morgan fingerprint density at radius 3 is 2.68 bits per heavy atom. The molecule has 0 radical (unpaired) electrons. The maximum absolute atomic E-state index is 5.67. The maximum Gasteiger partial charge on any atom is 0.187 e. The number of rotatable bonds is 9. The standard InChI is InChI=1S/C17H25N3OS/c1-4-6-11-21-15-9-7-14(8-10-15)19-17-20-16(12-22-17)13(3)18-5-2/h7-10,12-13,18H,4-6,11H2,1-3H3,(H,19,20). The summed E-state index contributed by atoms with van der Waals surface area (Å²) in [6.45, 7) is 8.12. The molecule has 4 nitrogen and oxygen atoms in total. The van der Waals surface area contributed by atoms with E-state index in [4.69, 9.17) is 4.74 Å². The quantitative estimate of drug-likeness (QED) is 0.656. The van der Waals surface area contributed by atoms with Crippen LogP contribution >= 0.6 is 11.3 Å². The molecule has 1 aromatic heterocycles. The molecule has 1 heterocycles. The minimum atomic E-state index is 0.283. The summed E-state index contributed by atoms with van der Waals surface area (Å²) in [5.41, 5.74) is 2.11. The van der Waals surface area contributed by atoms with E-state index < -0.39 is 0 Å². The van der Waals surface area contributed by atoms with E-state index in [1.165, 1.54) is 0 Å². The van der Waals surface area contributed by atoms with Crippen molar-refractivity contribution in [3.05, 3.63) is 35.3 Å². The molecule has 0 aliphatic heterocycles. The van der Waals surface area contributed by atoms with Gasteiger partial charge in [0.05, 0.1) is 12.3 Å². The second-order valence-electron chi connectivity index (χ2n) is 5.21. The monoisotopic (exact) mass is 319 g/mol. The maximum atomic E-state index is 5.67. The van der Waals surface area contributed by atoms with Crippen LogP contribution in [0.4, 0.5) is 10.8 Å². The molecule has 22 heavy (non-hydrogen) atoms. The summed E-state index contributed by atoms with van der Waals surface area (Å²) in [5.74, 6) is 0.916. The fourth-order valence-corrected chi connectivity index (χ4v) is 2.87. The van der Waals surface area contributed by atoms with Crippen LogP contribution in [-0.4, -0.2) is 18.1 Å². The van der Waals surface area contributed by atoms with Crippen LogP contribution in [-0.2, 0) is 0 Å². The number of hydrogen-bond donors (Lipinski definition) is 2. The van der Waals surface area contributed by atoms with Gasteiger partial charge in [-0.15, -0.1) is 11.3 Å². The fraction of sp³-hybridized carbons (Fsp3) is 0.471. The molecule has 0 aliphatic carbocycles. The van der Waals surface area contributed by atoms with Gasteiger partial charge < -0.3 is 15.4 Å². The first-order valence-electron chi connectivity index (χ1n) is 7.91. The molecular weight excluding hydrogens is 294 g/mol. The van der Waals surface area contributed by atoms with E-state index in [-0.39, 0.29) is 6.04 Å².